The number of nitrogens with zero attached hydrogens (tertiary/aromatic N) is 1. The first-order valence-electron chi connectivity index (χ1n) is 6.36. The third kappa shape index (κ3) is 4.05. The van der Waals surface area contributed by atoms with Crippen LogP contribution in [0.4, 0.5) is 0 Å². The van der Waals surface area contributed by atoms with Crippen molar-refractivity contribution in [3.05, 3.63) is 29.8 Å². The fourth-order valence-electron chi connectivity index (χ4n) is 1.92. The molecule has 0 atom stereocenters. The Balaban J connectivity index is 3.21. The highest BCUT2D eigenvalue weighted by Crippen LogP contribution is 2.25. The van der Waals surface area contributed by atoms with Gasteiger partial charge in [-0.25, -0.2) is 8.42 Å². The molecule has 0 spiro atoms. The lowest BCUT2D eigenvalue weighted by atomic mass is 10.1. The molecule has 0 saturated carbocycles. The predicted octanol–water partition coefficient (Wildman–Crippen LogP) is 2.26. The SMILES string of the molecule is Cc1cccc(S(=O)(=O)N(CCC(=O)O)C(C)(C)C)c1. The number of aliphatic carboxylic acids is 1. The molecule has 5 nitrogen and oxygen atoms in total. The van der Waals surface area contributed by atoms with E-state index in [1.54, 1.807) is 32.9 Å². The number of carbonyl (C=O) groups is 1. The zero-order valence-electron chi connectivity index (χ0n) is 12.3. The van der Waals surface area contributed by atoms with E-state index >= 15 is 0 Å². The van der Waals surface area contributed by atoms with E-state index in [1.165, 1.54) is 10.4 Å². The summed E-state index contributed by atoms with van der Waals surface area (Å²) in [5.41, 5.74) is 0.163. The van der Waals surface area contributed by atoms with Crippen molar-refractivity contribution < 1.29 is 18.3 Å². The van der Waals surface area contributed by atoms with Crippen LogP contribution in [0.3, 0.4) is 0 Å². The lowest BCUT2D eigenvalue weighted by molar-refractivity contribution is -0.137. The number of benzene rings is 1. The molecule has 0 bridgehead atoms. The Morgan fingerprint density at radius 3 is 2.35 bits per heavy atom. The van der Waals surface area contributed by atoms with Crippen molar-refractivity contribution in [3.8, 4) is 0 Å². The van der Waals surface area contributed by atoms with Crippen LogP contribution in [0, 0.1) is 6.92 Å². The molecule has 0 aromatic heterocycles. The summed E-state index contributed by atoms with van der Waals surface area (Å²) < 4.78 is 26.6. The van der Waals surface area contributed by atoms with Gasteiger partial charge < -0.3 is 5.11 Å². The fourth-order valence-corrected chi connectivity index (χ4v) is 3.81. The fraction of sp³-hybridized carbons (Fsp3) is 0.500. The second-order valence-electron chi connectivity index (χ2n) is 5.71. The van der Waals surface area contributed by atoms with Crippen molar-refractivity contribution in [2.45, 2.75) is 44.6 Å². The topological polar surface area (TPSA) is 74.7 Å². The Labute approximate surface area is 120 Å². The first-order chi connectivity index (χ1) is 9.05. The first-order valence-corrected chi connectivity index (χ1v) is 7.80. The van der Waals surface area contributed by atoms with E-state index in [4.69, 9.17) is 5.11 Å². The van der Waals surface area contributed by atoms with Gasteiger partial charge in [0.05, 0.1) is 11.3 Å². The monoisotopic (exact) mass is 299 g/mol. The van der Waals surface area contributed by atoms with Gasteiger partial charge in [0.25, 0.3) is 0 Å². The number of carboxylic acid groups (broad SMARTS) is 1. The molecule has 0 aliphatic carbocycles. The second-order valence-corrected chi connectivity index (χ2v) is 7.57. The molecule has 0 aliphatic rings. The van der Waals surface area contributed by atoms with Crippen LogP contribution in [0.1, 0.15) is 32.8 Å². The molecule has 1 aromatic carbocycles. The third-order valence-electron chi connectivity index (χ3n) is 2.85. The Hall–Kier alpha value is -1.40. The van der Waals surface area contributed by atoms with Crippen LogP contribution in [0.15, 0.2) is 29.2 Å². The van der Waals surface area contributed by atoms with Gasteiger partial charge in [0.15, 0.2) is 0 Å². The molecule has 0 amide bonds. The highest BCUT2D eigenvalue weighted by Gasteiger charge is 2.34. The molecule has 112 valence electrons. The smallest absolute Gasteiger partial charge is 0.304 e. The average Bonchev–Trinajstić information content (AvgIpc) is 2.26. The molecule has 0 saturated heterocycles. The molecule has 1 aromatic rings. The molecule has 20 heavy (non-hydrogen) atoms. The number of aryl methyl sites for hydroxylation is 1. The van der Waals surface area contributed by atoms with Gasteiger partial charge in [-0.05, 0) is 45.4 Å². The minimum atomic E-state index is -3.71. The molecule has 6 heteroatoms. The van der Waals surface area contributed by atoms with E-state index in [0.29, 0.717) is 0 Å². The number of hydrogen-bond donors (Lipinski definition) is 1. The van der Waals surface area contributed by atoms with Crippen LogP contribution in [-0.2, 0) is 14.8 Å². The molecular formula is C14H21NO4S. The number of hydrogen-bond acceptors (Lipinski definition) is 3. The summed E-state index contributed by atoms with van der Waals surface area (Å²) in [6.07, 6.45) is -0.220. The maximum Gasteiger partial charge on any atom is 0.304 e. The van der Waals surface area contributed by atoms with E-state index in [9.17, 15) is 13.2 Å². The molecular weight excluding hydrogens is 278 g/mol. The average molecular weight is 299 g/mol. The van der Waals surface area contributed by atoms with Crippen molar-refractivity contribution in [2.24, 2.45) is 0 Å². The Bertz CT molecular complexity index is 587. The van der Waals surface area contributed by atoms with Crippen LogP contribution < -0.4 is 0 Å². The molecule has 1 N–H and O–H groups in total. The van der Waals surface area contributed by atoms with E-state index in [0.717, 1.165) is 5.56 Å². The molecule has 0 radical (unpaired) electrons. The number of carboxylic acids is 1. The van der Waals surface area contributed by atoms with Crippen molar-refractivity contribution in [3.63, 3.8) is 0 Å². The van der Waals surface area contributed by atoms with Crippen LogP contribution in [0.2, 0.25) is 0 Å². The Morgan fingerprint density at radius 2 is 1.90 bits per heavy atom. The van der Waals surface area contributed by atoms with E-state index in [2.05, 4.69) is 0 Å². The Morgan fingerprint density at radius 1 is 1.30 bits per heavy atom. The molecule has 0 aliphatic heterocycles. The van der Waals surface area contributed by atoms with Crippen molar-refractivity contribution >= 4 is 16.0 Å². The van der Waals surface area contributed by atoms with Gasteiger partial charge in [-0.1, -0.05) is 12.1 Å². The summed E-state index contributed by atoms with van der Waals surface area (Å²) in [5, 5.41) is 8.79. The van der Waals surface area contributed by atoms with Crippen molar-refractivity contribution in [1.82, 2.24) is 4.31 Å². The minimum Gasteiger partial charge on any atom is -0.481 e. The quantitative estimate of drug-likeness (QED) is 0.905. The normalized spacial score (nSPS) is 12.7. The first kappa shape index (κ1) is 16.7. The largest absolute Gasteiger partial charge is 0.481 e. The summed E-state index contributed by atoms with van der Waals surface area (Å²) in [7, 11) is -3.71. The molecule has 0 unspecified atom stereocenters. The highest BCUT2D eigenvalue weighted by molar-refractivity contribution is 7.89. The summed E-state index contributed by atoms with van der Waals surface area (Å²) in [6, 6.07) is 6.62. The highest BCUT2D eigenvalue weighted by atomic mass is 32.2. The maximum absolute atomic E-state index is 12.7. The van der Waals surface area contributed by atoms with Crippen LogP contribution >= 0.6 is 0 Å². The van der Waals surface area contributed by atoms with Gasteiger partial charge in [-0.15, -0.1) is 0 Å². The van der Waals surface area contributed by atoms with Gasteiger partial charge in [0.2, 0.25) is 10.0 Å². The summed E-state index contributed by atoms with van der Waals surface area (Å²) in [4.78, 5) is 10.9. The predicted molar refractivity (Wildman–Crippen MR) is 77.1 cm³/mol. The summed E-state index contributed by atoms with van der Waals surface area (Å²) in [5.74, 6) is -1.02. The van der Waals surface area contributed by atoms with Crippen LogP contribution in [0.5, 0.6) is 0 Å². The van der Waals surface area contributed by atoms with Gasteiger partial charge in [0.1, 0.15) is 0 Å². The maximum atomic E-state index is 12.7. The summed E-state index contributed by atoms with van der Waals surface area (Å²) >= 11 is 0. The van der Waals surface area contributed by atoms with Crippen molar-refractivity contribution in [2.75, 3.05) is 6.54 Å². The third-order valence-corrected chi connectivity index (χ3v) is 5.01. The van der Waals surface area contributed by atoms with Crippen molar-refractivity contribution in [1.29, 1.82) is 0 Å². The second kappa shape index (κ2) is 5.93. The zero-order chi connectivity index (χ0) is 15.6. The molecule has 0 fully saturated rings. The summed E-state index contributed by atoms with van der Waals surface area (Å²) in [6.45, 7) is 7.03. The van der Waals surface area contributed by atoms with E-state index < -0.39 is 21.5 Å². The Kier molecular flexibility index (Phi) is 4.94. The van der Waals surface area contributed by atoms with Gasteiger partial charge in [-0.2, -0.15) is 4.31 Å². The lowest BCUT2D eigenvalue weighted by Gasteiger charge is -2.34. The van der Waals surface area contributed by atoms with E-state index in [1.807, 2.05) is 13.0 Å². The zero-order valence-corrected chi connectivity index (χ0v) is 13.1. The minimum absolute atomic E-state index is 0.0465. The van der Waals surface area contributed by atoms with Crippen LogP contribution in [0.25, 0.3) is 0 Å². The molecule has 1 rings (SSSR count). The number of rotatable bonds is 5. The molecule has 0 heterocycles. The van der Waals surface area contributed by atoms with Gasteiger partial charge in [0, 0.05) is 12.1 Å². The van der Waals surface area contributed by atoms with Crippen LogP contribution in [-0.4, -0.2) is 35.9 Å². The lowest BCUT2D eigenvalue weighted by Crippen LogP contribution is -2.46. The van der Waals surface area contributed by atoms with Gasteiger partial charge >= 0.3 is 5.97 Å². The van der Waals surface area contributed by atoms with E-state index in [-0.39, 0.29) is 17.9 Å². The number of sulfonamides is 1. The standard InChI is InChI=1S/C14H21NO4S/c1-11-6-5-7-12(10-11)20(18,19)15(14(2,3)4)9-8-13(16)17/h5-7,10H,8-9H2,1-4H3,(H,16,17). The van der Waals surface area contributed by atoms with Gasteiger partial charge in [-0.3, -0.25) is 4.79 Å².